The fourth-order valence-electron chi connectivity index (χ4n) is 4.18. The highest BCUT2D eigenvalue weighted by Gasteiger charge is 2.49. The fraction of sp³-hybridized carbons (Fsp3) is 0.455. The summed E-state index contributed by atoms with van der Waals surface area (Å²) in [5.41, 5.74) is -0.847. The maximum Gasteiger partial charge on any atom is 0.445 e. The molecule has 1 aromatic carbocycles. The number of anilines is 1. The summed E-state index contributed by atoms with van der Waals surface area (Å²) in [5, 5.41) is 2.81. The van der Waals surface area contributed by atoms with Crippen LogP contribution in [-0.4, -0.2) is 63.9 Å². The van der Waals surface area contributed by atoms with Gasteiger partial charge in [0, 0.05) is 11.6 Å². The molecule has 0 saturated heterocycles. The molecule has 2 heterocycles. The molecular weight excluding hydrogens is 471 g/mol. The van der Waals surface area contributed by atoms with Gasteiger partial charge in [-0.1, -0.05) is 35.7 Å². The van der Waals surface area contributed by atoms with Gasteiger partial charge >= 0.3 is 18.1 Å². The summed E-state index contributed by atoms with van der Waals surface area (Å²) in [6, 6.07) is 3.86. The molecule has 1 unspecified atom stereocenters. The van der Waals surface area contributed by atoms with Crippen LogP contribution in [0.15, 0.2) is 34.3 Å². The van der Waals surface area contributed by atoms with Crippen LogP contribution in [-0.2, 0) is 15.8 Å². The van der Waals surface area contributed by atoms with E-state index < -0.39 is 35.5 Å². The topological polar surface area (TPSA) is 94.2 Å². The summed E-state index contributed by atoms with van der Waals surface area (Å²) in [4.78, 5) is 48.0. The van der Waals surface area contributed by atoms with Gasteiger partial charge in [-0.3, -0.25) is 9.59 Å². The van der Waals surface area contributed by atoms with Gasteiger partial charge in [0.25, 0.3) is 5.84 Å². The highest BCUT2D eigenvalue weighted by molar-refractivity contribution is 8.14. The molecule has 180 valence electrons. The van der Waals surface area contributed by atoms with Crippen molar-refractivity contribution in [1.82, 2.24) is 4.90 Å². The standard InChI is InChI=1S/C22H22F3N5O3S/c1-29-18-16(20(32)30(2)21(29)33)19(28-17(27-18)12-6-3-4-7-12)34-11-15(31)26-14-9-5-8-13(10-14)22(23,24)25/h5,8-10,12,16H,3-4,6-7,11H2,1-2H3/p+1. The molecule has 1 saturated carbocycles. The van der Waals surface area contributed by atoms with E-state index in [1.54, 1.807) is 0 Å². The number of nitrogens with one attached hydrogen (secondary N) is 1. The second-order valence-electron chi connectivity index (χ2n) is 8.35. The summed E-state index contributed by atoms with van der Waals surface area (Å²) in [7, 11) is 2.91. The minimum absolute atomic E-state index is 0.0188. The Hall–Kier alpha value is -3.02. The zero-order valence-corrected chi connectivity index (χ0v) is 19.4. The van der Waals surface area contributed by atoms with E-state index in [-0.39, 0.29) is 23.2 Å². The highest BCUT2D eigenvalue weighted by Crippen LogP contribution is 2.33. The zero-order chi connectivity index (χ0) is 24.6. The molecule has 1 atom stereocenters. The maximum atomic E-state index is 12.9. The van der Waals surface area contributed by atoms with Gasteiger partial charge in [-0.05, 0) is 31.0 Å². The number of alkyl halides is 3. The first-order valence-electron chi connectivity index (χ1n) is 10.8. The van der Waals surface area contributed by atoms with Gasteiger partial charge in [0.05, 0.1) is 25.4 Å². The van der Waals surface area contributed by atoms with E-state index in [1.807, 2.05) is 0 Å². The number of amides is 4. The molecule has 0 spiro atoms. The average molecular weight is 495 g/mol. The van der Waals surface area contributed by atoms with E-state index in [0.717, 1.165) is 54.5 Å². The Kier molecular flexibility index (Phi) is 6.61. The van der Waals surface area contributed by atoms with Crippen molar-refractivity contribution in [3.05, 3.63) is 29.8 Å². The zero-order valence-electron chi connectivity index (χ0n) is 18.6. The lowest BCUT2D eigenvalue weighted by atomic mass is 10.0. The van der Waals surface area contributed by atoms with Crippen molar-refractivity contribution in [3.8, 4) is 0 Å². The Morgan fingerprint density at radius 3 is 2.62 bits per heavy atom. The quantitative estimate of drug-likeness (QED) is 0.647. The van der Waals surface area contributed by atoms with Crippen molar-refractivity contribution in [2.45, 2.75) is 31.9 Å². The first kappa shape index (κ1) is 24.1. The van der Waals surface area contributed by atoms with Gasteiger partial charge in [-0.15, -0.1) is 0 Å². The summed E-state index contributed by atoms with van der Waals surface area (Å²) in [5.74, 6) is -1.18. The van der Waals surface area contributed by atoms with Crippen LogP contribution in [0.1, 0.15) is 31.2 Å². The summed E-state index contributed by atoms with van der Waals surface area (Å²) >= 11 is 1.02. The molecule has 0 radical (unpaired) electrons. The number of imide groups is 1. The number of nitrogens with zero attached hydrogens (tertiary/aromatic N) is 4. The molecule has 12 heteroatoms. The van der Waals surface area contributed by atoms with Crippen molar-refractivity contribution in [3.63, 3.8) is 0 Å². The van der Waals surface area contributed by atoms with Crippen molar-refractivity contribution in [1.29, 1.82) is 0 Å². The number of benzene rings is 1. The minimum Gasteiger partial charge on any atom is -0.325 e. The van der Waals surface area contributed by atoms with Crippen LogP contribution >= 0.6 is 11.8 Å². The number of fused-ring (bicyclic) bond motifs is 1. The van der Waals surface area contributed by atoms with E-state index in [0.29, 0.717) is 10.9 Å². The summed E-state index contributed by atoms with van der Waals surface area (Å²) in [6.07, 6.45) is -0.641. The van der Waals surface area contributed by atoms with Crippen LogP contribution in [0, 0.1) is 11.8 Å². The van der Waals surface area contributed by atoms with E-state index in [2.05, 4.69) is 15.3 Å². The lowest BCUT2D eigenvalue weighted by Crippen LogP contribution is -2.55. The van der Waals surface area contributed by atoms with Crippen molar-refractivity contribution in [2.24, 2.45) is 21.8 Å². The van der Waals surface area contributed by atoms with Crippen LogP contribution in [0.3, 0.4) is 0 Å². The molecule has 0 aromatic heterocycles. The monoisotopic (exact) mass is 494 g/mol. The Balaban J connectivity index is 1.55. The smallest absolute Gasteiger partial charge is 0.325 e. The van der Waals surface area contributed by atoms with E-state index in [1.165, 1.54) is 30.8 Å². The van der Waals surface area contributed by atoms with E-state index in [9.17, 15) is 27.6 Å². The number of hydrogen-bond donors (Lipinski definition) is 1. The molecule has 2 aliphatic heterocycles. The Labute approximate surface area is 198 Å². The lowest BCUT2D eigenvalue weighted by Gasteiger charge is -2.27. The molecule has 4 amide bonds. The number of amidine groups is 2. The number of urea groups is 1. The molecule has 1 fully saturated rings. The van der Waals surface area contributed by atoms with Gasteiger partial charge in [-0.25, -0.2) is 9.79 Å². The van der Waals surface area contributed by atoms with Crippen LogP contribution in [0.5, 0.6) is 0 Å². The molecule has 8 nitrogen and oxygen atoms in total. The molecule has 1 aromatic rings. The first-order chi connectivity index (χ1) is 16.1. The van der Waals surface area contributed by atoms with Crippen molar-refractivity contribution < 1.29 is 32.1 Å². The normalized spacial score (nSPS) is 21.4. The third-order valence-electron chi connectivity index (χ3n) is 6.00. The molecule has 1 N–H and O–H groups in total. The fourth-order valence-corrected chi connectivity index (χ4v) is 5.06. The average Bonchev–Trinajstić information content (AvgIpc) is 3.34. The molecule has 1 aliphatic carbocycles. The highest BCUT2D eigenvalue weighted by atomic mass is 32.2. The Morgan fingerprint density at radius 1 is 1.24 bits per heavy atom. The van der Waals surface area contributed by atoms with Crippen molar-refractivity contribution in [2.75, 3.05) is 25.2 Å². The predicted octanol–water partition coefficient (Wildman–Crippen LogP) is 3.63. The number of thioether (sulfide) groups is 1. The van der Waals surface area contributed by atoms with Gasteiger partial charge in [0.15, 0.2) is 5.92 Å². The van der Waals surface area contributed by atoms with Crippen LogP contribution < -0.4 is 5.32 Å². The molecule has 0 bridgehead atoms. The molecule has 34 heavy (non-hydrogen) atoms. The van der Waals surface area contributed by atoms with Gasteiger partial charge in [0.1, 0.15) is 5.04 Å². The largest absolute Gasteiger partial charge is 0.445 e. The number of carbonyl (C=O) groups excluding carboxylic acids is 3. The first-order valence-corrected chi connectivity index (χ1v) is 11.7. The predicted molar refractivity (Wildman–Crippen MR) is 122 cm³/mol. The maximum absolute atomic E-state index is 12.9. The second kappa shape index (κ2) is 9.32. The van der Waals surface area contributed by atoms with Crippen LogP contribution in [0.4, 0.5) is 23.7 Å². The number of rotatable bonds is 4. The van der Waals surface area contributed by atoms with Gasteiger partial charge < -0.3 is 5.32 Å². The summed E-state index contributed by atoms with van der Waals surface area (Å²) < 4.78 is 40.1. The van der Waals surface area contributed by atoms with Gasteiger partial charge in [-0.2, -0.15) is 22.6 Å². The molecule has 3 aliphatic rings. The van der Waals surface area contributed by atoms with Crippen molar-refractivity contribution >= 4 is 52.0 Å². The third kappa shape index (κ3) is 4.77. The molecular formula is C22H23F3N5O3S+. The van der Waals surface area contributed by atoms with Gasteiger partial charge in [0.2, 0.25) is 11.7 Å². The number of halogens is 3. The summed E-state index contributed by atoms with van der Waals surface area (Å²) in [6.45, 7) is 0. The molecule has 4 rings (SSSR count). The minimum atomic E-state index is -4.52. The lowest BCUT2D eigenvalue weighted by molar-refractivity contribution is -0.407. The van der Waals surface area contributed by atoms with E-state index in [4.69, 9.17) is 0 Å². The second-order valence-corrected chi connectivity index (χ2v) is 9.34. The third-order valence-corrected chi connectivity index (χ3v) is 7.03. The van der Waals surface area contributed by atoms with Crippen LogP contribution in [0.25, 0.3) is 0 Å². The van der Waals surface area contributed by atoms with E-state index >= 15 is 0 Å². The SMILES string of the molecule is CN1C(=O)C2C(SCC(=O)Nc3cccc(C(F)(F)F)c3)=NC(C3CCCC3)=NC2=[N+](C)C1=O. The Morgan fingerprint density at radius 2 is 1.94 bits per heavy atom. The number of aliphatic imine (C=N–C) groups is 2. The van der Waals surface area contributed by atoms with Crippen LogP contribution in [0.2, 0.25) is 0 Å². The number of carbonyl (C=O) groups is 3. The number of hydrogen-bond acceptors (Lipinski definition) is 6. The Bertz CT molecular complexity index is 1140.